The van der Waals surface area contributed by atoms with Gasteiger partial charge in [0.1, 0.15) is 5.75 Å². The van der Waals surface area contributed by atoms with Crippen molar-refractivity contribution >= 4 is 5.97 Å². The summed E-state index contributed by atoms with van der Waals surface area (Å²) < 4.78 is 5.08. The van der Waals surface area contributed by atoms with Gasteiger partial charge in [0.2, 0.25) is 0 Å². The molecule has 0 aliphatic carbocycles. The first-order valence-electron chi connectivity index (χ1n) is 4.62. The van der Waals surface area contributed by atoms with Crippen LogP contribution < -0.4 is 4.74 Å². The minimum absolute atomic E-state index is 0.00276. The lowest BCUT2D eigenvalue weighted by atomic mass is 9.99. The van der Waals surface area contributed by atoms with Crippen LogP contribution in [0.4, 0.5) is 0 Å². The highest BCUT2D eigenvalue weighted by Crippen LogP contribution is 2.27. The summed E-state index contributed by atoms with van der Waals surface area (Å²) in [5, 5.41) is 17.8. The Morgan fingerprint density at radius 1 is 1.53 bits per heavy atom. The van der Waals surface area contributed by atoms with Gasteiger partial charge in [-0.3, -0.25) is 0 Å². The van der Waals surface area contributed by atoms with Crippen molar-refractivity contribution in [2.24, 2.45) is 0 Å². The number of aliphatic hydroxyl groups excluding tert-OH is 1. The van der Waals surface area contributed by atoms with E-state index in [2.05, 4.69) is 0 Å². The van der Waals surface area contributed by atoms with Crippen molar-refractivity contribution in [2.45, 2.75) is 12.8 Å². The minimum atomic E-state index is -0.989. The lowest BCUT2D eigenvalue weighted by Crippen LogP contribution is -2.04. The smallest absolute Gasteiger partial charge is 0.335 e. The molecule has 1 rings (SSSR count). The number of hydrogen-bond donors (Lipinski definition) is 2. The maximum absolute atomic E-state index is 10.7. The zero-order valence-corrected chi connectivity index (χ0v) is 8.73. The van der Waals surface area contributed by atoms with Crippen LogP contribution in [0.3, 0.4) is 0 Å². The number of carbonyl (C=O) groups is 1. The van der Waals surface area contributed by atoms with Crippen LogP contribution in [-0.4, -0.2) is 29.9 Å². The van der Waals surface area contributed by atoms with Crippen LogP contribution in [0.2, 0.25) is 0 Å². The number of methoxy groups -OCH3 is 1. The van der Waals surface area contributed by atoms with Gasteiger partial charge >= 0.3 is 5.97 Å². The van der Waals surface area contributed by atoms with Crippen molar-refractivity contribution in [2.75, 3.05) is 13.7 Å². The molecule has 15 heavy (non-hydrogen) atoms. The second kappa shape index (κ2) is 4.79. The molecular formula is C11H14O4. The average Bonchev–Trinajstić information content (AvgIpc) is 2.27. The van der Waals surface area contributed by atoms with Gasteiger partial charge in [-0.25, -0.2) is 4.79 Å². The molecule has 1 atom stereocenters. The first kappa shape index (κ1) is 11.5. The summed E-state index contributed by atoms with van der Waals surface area (Å²) in [4.78, 5) is 10.7. The molecule has 0 aromatic heterocycles. The predicted molar refractivity (Wildman–Crippen MR) is 55.5 cm³/mol. The highest BCUT2D eigenvalue weighted by molar-refractivity contribution is 5.88. The van der Waals surface area contributed by atoms with Crippen molar-refractivity contribution in [3.63, 3.8) is 0 Å². The van der Waals surface area contributed by atoms with E-state index >= 15 is 0 Å². The lowest BCUT2D eigenvalue weighted by Gasteiger charge is -2.13. The van der Waals surface area contributed by atoms with E-state index in [-0.39, 0.29) is 18.1 Å². The van der Waals surface area contributed by atoms with E-state index in [4.69, 9.17) is 14.9 Å². The SMILES string of the molecule is COc1cc(C(=O)O)ccc1C(C)CO. The molecule has 0 heterocycles. The first-order chi connectivity index (χ1) is 7.10. The summed E-state index contributed by atoms with van der Waals surface area (Å²) in [7, 11) is 1.48. The standard InChI is InChI=1S/C11H14O4/c1-7(6-12)9-4-3-8(11(13)14)5-10(9)15-2/h3-5,7,12H,6H2,1-2H3,(H,13,14). The van der Waals surface area contributed by atoms with Gasteiger partial charge in [-0.2, -0.15) is 0 Å². The molecule has 0 fully saturated rings. The van der Waals surface area contributed by atoms with Gasteiger partial charge in [0, 0.05) is 12.5 Å². The number of aromatic carboxylic acids is 1. The lowest BCUT2D eigenvalue weighted by molar-refractivity contribution is 0.0696. The molecule has 0 bridgehead atoms. The van der Waals surface area contributed by atoms with Crippen molar-refractivity contribution in [1.82, 2.24) is 0 Å². The number of carboxylic acid groups (broad SMARTS) is 1. The summed E-state index contributed by atoms with van der Waals surface area (Å²) in [6, 6.07) is 4.64. The van der Waals surface area contributed by atoms with Gasteiger partial charge in [-0.05, 0) is 17.7 Å². The Bertz CT molecular complexity index is 360. The molecule has 0 spiro atoms. The van der Waals surface area contributed by atoms with E-state index in [9.17, 15) is 4.79 Å². The van der Waals surface area contributed by atoms with Gasteiger partial charge < -0.3 is 14.9 Å². The molecule has 1 aromatic rings. The van der Waals surface area contributed by atoms with Crippen molar-refractivity contribution in [3.05, 3.63) is 29.3 Å². The van der Waals surface area contributed by atoms with Gasteiger partial charge in [0.25, 0.3) is 0 Å². The normalized spacial score (nSPS) is 12.2. The fourth-order valence-electron chi connectivity index (χ4n) is 1.35. The summed E-state index contributed by atoms with van der Waals surface area (Å²) >= 11 is 0. The summed E-state index contributed by atoms with van der Waals surface area (Å²) in [5.74, 6) is -0.559. The molecule has 0 amide bonds. The first-order valence-corrected chi connectivity index (χ1v) is 4.62. The third-order valence-electron chi connectivity index (χ3n) is 2.29. The van der Waals surface area contributed by atoms with Gasteiger partial charge in [0.15, 0.2) is 0 Å². The van der Waals surface area contributed by atoms with Crippen LogP contribution >= 0.6 is 0 Å². The van der Waals surface area contributed by atoms with Crippen LogP contribution in [0, 0.1) is 0 Å². The molecule has 2 N–H and O–H groups in total. The highest BCUT2D eigenvalue weighted by atomic mass is 16.5. The third-order valence-corrected chi connectivity index (χ3v) is 2.29. The van der Waals surface area contributed by atoms with E-state index < -0.39 is 5.97 Å². The maximum Gasteiger partial charge on any atom is 0.335 e. The van der Waals surface area contributed by atoms with E-state index in [0.717, 1.165) is 5.56 Å². The molecule has 1 aromatic carbocycles. The second-order valence-corrected chi connectivity index (χ2v) is 3.35. The zero-order chi connectivity index (χ0) is 11.4. The molecule has 4 heteroatoms. The Balaban J connectivity index is 3.14. The Kier molecular flexibility index (Phi) is 3.68. The van der Waals surface area contributed by atoms with Crippen LogP contribution in [-0.2, 0) is 0 Å². The summed E-state index contributed by atoms with van der Waals surface area (Å²) in [6.45, 7) is 1.85. The topological polar surface area (TPSA) is 66.8 Å². The molecule has 1 unspecified atom stereocenters. The maximum atomic E-state index is 10.7. The molecule has 4 nitrogen and oxygen atoms in total. The summed E-state index contributed by atoms with van der Waals surface area (Å²) in [6.07, 6.45) is 0. The Hall–Kier alpha value is -1.55. The molecule has 0 saturated carbocycles. The van der Waals surface area contributed by atoms with E-state index in [0.29, 0.717) is 5.75 Å². The Morgan fingerprint density at radius 3 is 2.67 bits per heavy atom. The van der Waals surface area contributed by atoms with Gasteiger partial charge in [0.05, 0.1) is 12.7 Å². The molecule has 0 radical (unpaired) electrons. The van der Waals surface area contributed by atoms with Crippen molar-refractivity contribution in [1.29, 1.82) is 0 Å². The number of aliphatic hydroxyl groups is 1. The van der Waals surface area contributed by atoms with E-state index in [1.807, 2.05) is 6.92 Å². The number of rotatable bonds is 4. The predicted octanol–water partition coefficient (Wildman–Crippen LogP) is 1.49. The van der Waals surface area contributed by atoms with Crippen molar-refractivity contribution < 1.29 is 19.7 Å². The van der Waals surface area contributed by atoms with Gasteiger partial charge in [-0.15, -0.1) is 0 Å². The highest BCUT2D eigenvalue weighted by Gasteiger charge is 2.13. The second-order valence-electron chi connectivity index (χ2n) is 3.35. The van der Waals surface area contributed by atoms with Crippen molar-refractivity contribution in [3.8, 4) is 5.75 Å². The molecule has 0 aliphatic heterocycles. The Morgan fingerprint density at radius 2 is 2.20 bits per heavy atom. The van der Waals surface area contributed by atoms with Crippen LogP contribution in [0.25, 0.3) is 0 Å². The fourth-order valence-corrected chi connectivity index (χ4v) is 1.35. The van der Waals surface area contributed by atoms with Crippen LogP contribution in [0.15, 0.2) is 18.2 Å². The molecule has 82 valence electrons. The molecule has 0 aliphatic rings. The minimum Gasteiger partial charge on any atom is -0.496 e. The number of benzene rings is 1. The summed E-state index contributed by atoms with van der Waals surface area (Å²) in [5.41, 5.74) is 0.991. The van der Waals surface area contributed by atoms with E-state index in [1.54, 1.807) is 6.07 Å². The monoisotopic (exact) mass is 210 g/mol. The fraction of sp³-hybridized carbons (Fsp3) is 0.364. The zero-order valence-electron chi connectivity index (χ0n) is 8.73. The molecular weight excluding hydrogens is 196 g/mol. The number of hydrogen-bond acceptors (Lipinski definition) is 3. The quantitative estimate of drug-likeness (QED) is 0.790. The average molecular weight is 210 g/mol. The third kappa shape index (κ3) is 2.47. The number of ether oxygens (including phenoxy) is 1. The largest absolute Gasteiger partial charge is 0.496 e. The molecule has 0 saturated heterocycles. The van der Waals surface area contributed by atoms with E-state index in [1.165, 1.54) is 19.2 Å². The number of carboxylic acids is 1. The van der Waals surface area contributed by atoms with Crippen LogP contribution in [0.5, 0.6) is 5.75 Å². The Labute approximate surface area is 88.1 Å². The van der Waals surface area contributed by atoms with Gasteiger partial charge in [-0.1, -0.05) is 13.0 Å². The van der Waals surface area contributed by atoms with Crippen LogP contribution in [0.1, 0.15) is 28.8 Å².